The molecule has 0 saturated carbocycles. The summed E-state index contributed by atoms with van der Waals surface area (Å²) in [6, 6.07) is 9.05. The highest BCUT2D eigenvalue weighted by Crippen LogP contribution is 2.25. The molecule has 1 aromatic carbocycles. The van der Waals surface area contributed by atoms with Crippen LogP contribution in [0, 0.1) is 0 Å². The van der Waals surface area contributed by atoms with E-state index in [9.17, 15) is 13.2 Å². The molecule has 2 heterocycles. The number of ether oxygens (including phenoxy) is 1. The van der Waals surface area contributed by atoms with Crippen molar-refractivity contribution < 1.29 is 23.1 Å². The quantitative estimate of drug-likeness (QED) is 0.803. The fourth-order valence-corrected chi connectivity index (χ4v) is 5.58. The number of thiophene rings is 1. The number of piperazine rings is 1. The molecule has 0 aliphatic carbocycles. The highest BCUT2D eigenvalue weighted by molar-refractivity contribution is 7.91. The number of benzene rings is 1. The van der Waals surface area contributed by atoms with E-state index in [0.717, 1.165) is 29.2 Å². The van der Waals surface area contributed by atoms with Crippen molar-refractivity contribution in [1.29, 1.82) is 0 Å². The largest absolute Gasteiger partial charge is 0.497 e. The molecule has 1 aromatic heterocycles. The van der Waals surface area contributed by atoms with Crippen molar-refractivity contribution >= 4 is 27.3 Å². The van der Waals surface area contributed by atoms with E-state index < -0.39 is 16.0 Å². The molecule has 1 saturated heterocycles. The molecule has 0 spiro atoms. The highest BCUT2D eigenvalue weighted by Gasteiger charge is 2.30. The van der Waals surface area contributed by atoms with Crippen LogP contribution in [-0.2, 0) is 16.6 Å². The molecule has 7 nitrogen and oxygen atoms in total. The van der Waals surface area contributed by atoms with Crippen LogP contribution < -0.4 is 4.74 Å². The SMILES string of the molecule is COc1cccc(CN2CCN(S(=O)(=O)c3cc(C(=O)O)cs3)CC2)c1. The Kier molecular flexibility index (Phi) is 5.61. The van der Waals surface area contributed by atoms with Gasteiger partial charge in [-0.3, -0.25) is 4.90 Å². The zero-order valence-electron chi connectivity index (χ0n) is 14.3. The average molecular weight is 396 g/mol. The molecule has 2 aromatic rings. The first-order valence-electron chi connectivity index (χ1n) is 8.07. The number of methoxy groups -OCH3 is 1. The fraction of sp³-hybridized carbons (Fsp3) is 0.353. The Morgan fingerprint density at radius 3 is 2.58 bits per heavy atom. The van der Waals surface area contributed by atoms with Gasteiger partial charge < -0.3 is 9.84 Å². The fourth-order valence-electron chi connectivity index (χ4n) is 2.85. The Labute approximate surface area is 156 Å². The average Bonchev–Trinajstić information content (AvgIpc) is 3.14. The second-order valence-corrected chi connectivity index (χ2v) is 9.07. The maximum Gasteiger partial charge on any atom is 0.336 e. The summed E-state index contributed by atoms with van der Waals surface area (Å²) in [5.41, 5.74) is 1.12. The van der Waals surface area contributed by atoms with Gasteiger partial charge in [-0.1, -0.05) is 12.1 Å². The lowest BCUT2D eigenvalue weighted by atomic mass is 10.2. The van der Waals surface area contributed by atoms with Crippen LogP contribution in [0.15, 0.2) is 39.9 Å². The Morgan fingerprint density at radius 2 is 1.96 bits per heavy atom. The Balaban J connectivity index is 1.62. The Morgan fingerprint density at radius 1 is 1.23 bits per heavy atom. The van der Waals surface area contributed by atoms with Gasteiger partial charge >= 0.3 is 5.97 Å². The van der Waals surface area contributed by atoms with Crippen molar-refractivity contribution in [3.8, 4) is 5.75 Å². The van der Waals surface area contributed by atoms with Gasteiger partial charge in [0.1, 0.15) is 9.96 Å². The number of nitrogens with zero attached hydrogens (tertiary/aromatic N) is 2. The molecule has 1 aliphatic rings. The molecule has 140 valence electrons. The van der Waals surface area contributed by atoms with Gasteiger partial charge in [0, 0.05) is 38.1 Å². The van der Waals surface area contributed by atoms with Crippen molar-refractivity contribution in [3.63, 3.8) is 0 Å². The summed E-state index contributed by atoms with van der Waals surface area (Å²) in [4.78, 5) is 13.2. The zero-order valence-corrected chi connectivity index (χ0v) is 15.9. The maximum absolute atomic E-state index is 12.7. The summed E-state index contributed by atoms with van der Waals surface area (Å²) in [6.45, 7) is 2.73. The molecular weight excluding hydrogens is 376 g/mol. The van der Waals surface area contributed by atoms with Gasteiger partial charge in [0.15, 0.2) is 0 Å². The third-order valence-electron chi connectivity index (χ3n) is 4.29. The summed E-state index contributed by atoms with van der Waals surface area (Å²) in [5, 5.41) is 10.3. The van der Waals surface area contributed by atoms with E-state index in [-0.39, 0.29) is 9.77 Å². The van der Waals surface area contributed by atoms with Crippen LogP contribution in [0.2, 0.25) is 0 Å². The molecule has 0 atom stereocenters. The van der Waals surface area contributed by atoms with Crippen LogP contribution in [0.1, 0.15) is 15.9 Å². The number of aromatic carboxylic acids is 1. The molecule has 0 radical (unpaired) electrons. The predicted octanol–water partition coefficient (Wildman–Crippen LogP) is 1.96. The number of rotatable bonds is 6. The second-order valence-electron chi connectivity index (χ2n) is 5.99. The maximum atomic E-state index is 12.7. The van der Waals surface area contributed by atoms with Gasteiger partial charge in [0.2, 0.25) is 0 Å². The van der Waals surface area contributed by atoms with E-state index in [1.807, 2.05) is 24.3 Å². The smallest absolute Gasteiger partial charge is 0.336 e. The lowest BCUT2D eigenvalue weighted by Gasteiger charge is -2.33. The lowest BCUT2D eigenvalue weighted by molar-refractivity contribution is 0.0697. The molecule has 0 bridgehead atoms. The van der Waals surface area contributed by atoms with E-state index in [0.29, 0.717) is 26.2 Å². The van der Waals surface area contributed by atoms with E-state index in [1.54, 1.807) is 7.11 Å². The molecule has 26 heavy (non-hydrogen) atoms. The van der Waals surface area contributed by atoms with Gasteiger partial charge in [-0.25, -0.2) is 13.2 Å². The topological polar surface area (TPSA) is 87.2 Å². The van der Waals surface area contributed by atoms with E-state index >= 15 is 0 Å². The highest BCUT2D eigenvalue weighted by atomic mass is 32.2. The van der Waals surface area contributed by atoms with Gasteiger partial charge in [-0.05, 0) is 23.8 Å². The zero-order chi connectivity index (χ0) is 18.7. The second kappa shape index (κ2) is 7.75. The molecule has 0 amide bonds. The molecule has 1 aliphatic heterocycles. The monoisotopic (exact) mass is 396 g/mol. The third kappa shape index (κ3) is 4.07. The minimum Gasteiger partial charge on any atom is -0.497 e. The van der Waals surface area contributed by atoms with Crippen molar-refractivity contribution in [2.24, 2.45) is 0 Å². The van der Waals surface area contributed by atoms with Crippen molar-refractivity contribution in [2.75, 3.05) is 33.3 Å². The summed E-state index contributed by atoms with van der Waals surface area (Å²) in [5.74, 6) is -0.318. The summed E-state index contributed by atoms with van der Waals surface area (Å²) in [7, 11) is -2.01. The number of hydrogen-bond donors (Lipinski definition) is 1. The number of sulfonamides is 1. The first-order chi connectivity index (χ1) is 12.4. The van der Waals surface area contributed by atoms with Gasteiger partial charge in [-0.2, -0.15) is 4.31 Å². The summed E-state index contributed by atoms with van der Waals surface area (Å²) < 4.78 is 32.1. The molecule has 9 heteroatoms. The van der Waals surface area contributed by atoms with E-state index in [4.69, 9.17) is 9.84 Å². The predicted molar refractivity (Wildman–Crippen MR) is 98.3 cm³/mol. The molecular formula is C17H20N2O5S2. The van der Waals surface area contributed by atoms with Crippen LogP contribution in [0.25, 0.3) is 0 Å². The Hall–Kier alpha value is -1.94. The number of carbonyl (C=O) groups is 1. The first-order valence-corrected chi connectivity index (χ1v) is 10.4. The standard InChI is InChI=1S/C17H20N2O5S2/c1-24-15-4-2-3-13(9-15)11-18-5-7-19(8-6-18)26(22,23)16-10-14(12-25-16)17(20)21/h2-4,9-10,12H,5-8,11H2,1H3,(H,20,21). The van der Waals surface area contributed by atoms with Crippen LogP contribution in [0.5, 0.6) is 5.75 Å². The van der Waals surface area contributed by atoms with Crippen LogP contribution >= 0.6 is 11.3 Å². The van der Waals surface area contributed by atoms with Crippen LogP contribution in [0.3, 0.4) is 0 Å². The van der Waals surface area contributed by atoms with Crippen LogP contribution in [-0.4, -0.2) is 62.0 Å². The Bertz CT molecular complexity index is 886. The van der Waals surface area contributed by atoms with E-state index in [2.05, 4.69) is 4.90 Å². The number of carboxylic acid groups (broad SMARTS) is 1. The first kappa shape index (κ1) is 18.8. The number of carboxylic acids is 1. The number of hydrogen-bond acceptors (Lipinski definition) is 6. The van der Waals surface area contributed by atoms with Gasteiger partial charge in [0.25, 0.3) is 10.0 Å². The van der Waals surface area contributed by atoms with Crippen molar-refractivity contribution in [1.82, 2.24) is 9.21 Å². The summed E-state index contributed by atoms with van der Waals surface area (Å²) >= 11 is 0.948. The molecule has 1 fully saturated rings. The minimum atomic E-state index is -3.64. The van der Waals surface area contributed by atoms with Crippen molar-refractivity contribution in [2.45, 2.75) is 10.8 Å². The lowest BCUT2D eigenvalue weighted by Crippen LogP contribution is -2.48. The third-order valence-corrected chi connectivity index (χ3v) is 7.60. The van der Waals surface area contributed by atoms with E-state index in [1.165, 1.54) is 15.8 Å². The summed E-state index contributed by atoms with van der Waals surface area (Å²) in [6.07, 6.45) is 0. The molecule has 0 unspecified atom stereocenters. The van der Waals surface area contributed by atoms with Gasteiger partial charge in [-0.15, -0.1) is 11.3 Å². The van der Waals surface area contributed by atoms with Crippen LogP contribution in [0.4, 0.5) is 0 Å². The minimum absolute atomic E-state index is 0.00485. The van der Waals surface area contributed by atoms with Crippen molar-refractivity contribution in [3.05, 3.63) is 46.8 Å². The van der Waals surface area contributed by atoms with Gasteiger partial charge in [0.05, 0.1) is 12.7 Å². The molecule has 3 rings (SSSR count). The normalized spacial score (nSPS) is 16.5. The molecule has 1 N–H and O–H groups in total.